The van der Waals surface area contributed by atoms with Gasteiger partial charge in [0.2, 0.25) is 11.8 Å². The van der Waals surface area contributed by atoms with Crippen molar-refractivity contribution in [3.63, 3.8) is 0 Å². The zero-order valence-electron chi connectivity index (χ0n) is 13.3. The average molecular weight is 375 g/mol. The second-order valence-electron chi connectivity index (χ2n) is 5.45. The Morgan fingerprint density at radius 2 is 2.38 bits per heavy atom. The Hall–Kier alpha value is -1.46. The molecule has 9 nitrogen and oxygen atoms in total. The van der Waals surface area contributed by atoms with Crippen molar-refractivity contribution in [2.75, 3.05) is 31.6 Å². The van der Waals surface area contributed by atoms with E-state index in [1.165, 1.54) is 4.90 Å². The van der Waals surface area contributed by atoms with Crippen LogP contribution in [0.1, 0.15) is 12.8 Å². The lowest BCUT2D eigenvalue weighted by Crippen LogP contribution is -2.43. The first kappa shape index (κ1) is 18.9. The number of hydrogen-bond donors (Lipinski definition) is 4. The van der Waals surface area contributed by atoms with Gasteiger partial charge in [0.25, 0.3) is 0 Å². The van der Waals surface area contributed by atoms with E-state index in [2.05, 4.69) is 20.5 Å². The third kappa shape index (κ3) is 5.87. The van der Waals surface area contributed by atoms with Crippen molar-refractivity contribution in [3.05, 3.63) is 10.5 Å². The van der Waals surface area contributed by atoms with Crippen LogP contribution in [-0.2, 0) is 9.59 Å². The normalized spacial score (nSPS) is 18.3. The molecule has 1 saturated heterocycles. The van der Waals surface area contributed by atoms with Crippen molar-refractivity contribution >= 4 is 35.3 Å². The summed E-state index contributed by atoms with van der Waals surface area (Å²) in [5, 5.41) is 18.9. The molecule has 0 spiro atoms. The molecule has 2 amide bonds. The van der Waals surface area contributed by atoms with Gasteiger partial charge < -0.3 is 15.3 Å². The number of likely N-dealkylation sites (N-methyl/N-ethyl adjacent to an activating group) is 1. The topological polar surface area (TPSA) is 131 Å². The number of hydrogen-bond acceptors (Lipinski definition) is 7. The fourth-order valence-electron chi connectivity index (χ4n) is 2.16. The lowest BCUT2D eigenvalue weighted by Gasteiger charge is -2.21. The lowest BCUT2D eigenvalue weighted by atomic mass is 10.2. The second kappa shape index (κ2) is 9.14. The van der Waals surface area contributed by atoms with Gasteiger partial charge in [0, 0.05) is 20.1 Å². The van der Waals surface area contributed by atoms with Crippen LogP contribution in [0.25, 0.3) is 0 Å². The van der Waals surface area contributed by atoms with Gasteiger partial charge in [0.05, 0.1) is 17.1 Å². The Labute approximate surface area is 147 Å². The minimum atomic E-state index is -0.829. The highest BCUT2D eigenvalue weighted by molar-refractivity contribution is 8.00. The van der Waals surface area contributed by atoms with Crippen LogP contribution in [0.4, 0.5) is 0 Å². The smallest absolute Gasteiger partial charge is 0.341 e. The summed E-state index contributed by atoms with van der Waals surface area (Å²) in [6.45, 7) is 0.238. The van der Waals surface area contributed by atoms with Gasteiger partial charge >= 0.3 is 5.69 Å². The highest BCUT2D eigenvalue weighted by Crippen LogP contribution is 2.25. The van der Waals surface area contributed by atoms with Crippen LogP contribution in [-0.4, -0.2) is 80.0 Å². The first-order valence-corrected chi connectivity index (χ1v) is 9.58. The number of aliphatic hydroxyl groups excluding tert-OH is 1. The van der Waals surface area contributed by atoms with Gasteiger partial charge in [-0.25, -0.2) is 9.89 Å². The molecule has 11 heteroatoms. The van der Waals surface area contributed by atoms with E-state index in [9.17, 15) is 19.5 Å². The number of aromatic amines is 2. The molecule has 0 aliphatic carbocycles. The summed E-state index contributed by atoms with van der Waals surface area (Å²) < 4.78 is 0. The number of rotatable bonds is 8. The maximum atomic E-state index is 12.0. The number of aliphatic hydroxyl groups is 1. The summed E-state index contributed by atoms with van der Waals surface area (Å²) in [4.78, 5) is 38.6. The number of carbonyl (C=O) groups is 2. The molecule has 1 aromatic heterocycles. The van der Waals surface area contributed by atoms with E-state index in [4.69, 9.17) is 0 Å². The van der Waals surface area contributed by atoms with E-state index in [1.807, 2.05) is 0 Å². The van der Waals surface area contributed by atoms with Crippen molar-refractivity contribution in [1.29, 1.82) is 0 Å². The molecule has 1 aliphatic heterocycles. The van der Waals surface area contributed by atoms with Crippen LogP contribution < -0.4 is 11.0 Å². The Kier molecular flexibility index (Phi) is 7.18. The molecular weight excluding hydrogens is 354 g/mol. The number of H-pyrrole nitrogens is 2. The predicted octanol–water partition coefficient (Wildman–Crippen LogP) is -0.979. The van der Waals surface area contributed by atoms with Gasteiger partial charge in [-0.1, -0.05) is 11.8 Å². The second-order valence-corrected chi connectivity index (χ2v) is 7.72. The molecule has 2 rings (SSSR count). The maximum absolute atomic E-state index is 12.0. The molecule has 0 radical (unpaired) electrons. The molecule has 2 heterocycles. The number of nitrogens with one attached hydrogen (secondary N) is 3. The van der Waals surface area contributed by atoms with E-state index in [1.54, 1.807) is 18.8 Å². The van der Waals surface area contributed by atoms with Gasteiger partial charge in [-0.2, -0.15) is 0 Å². The Morgan fingerprint density at radius 3 is 3.00 bits per heavy atom. The van der Waals surface area contributed by atoms with E-state index < -0.39 is 11.8 Å². The number of nitrogens with zero attached hydrogens (tertiary/aromatic N) is 2. The quantitative estimate of drug-likeness (QED) is 0.430. The zero-order valence-corrected chi connectivity index (χ0v) is 14.9. The van der Waals surface area contributed by atoms with E-state index >= 15 is 0 Å². The van der Waals surface area contributed by atoms with Crippen molar-refractivity contribution in [3.8, 4) is 0 Å². The van der Waals surface area contributed by atoms with Crippen LogP contribution >= 0.6 is 23.5 Å². The van der Waals surface area contributed by atoms with Crippen molar-refractivity contribution in [2.24, 2.45) is 0 Å². The molecule has 0 aromatic carbocycles. The molecule has 134 valence electrons. The highest BCUT2D eigenvalue weighted by atomic mass is 32.2. The van der Waals surface area contributed by atoms with Crippen molar-refractivity contribution in [1.82, 2.24) is 25.4 Å². The van der Waals surface area contributed by atoms with Crippen molar-refractivity contribution in [2.45, 2.75) is 29.4 Å². The number of aromatic nitrogens is 3. The van der Waals surface area contributed by atoms with E-state index in [0.29, 0.717) is 5.16 Å². The largest absolute Gasteiger partial charge is 0.389 e. The Morgan fingerprint density at radius 1 is 1.58 bits per heavy atom. The number of thioether (sulfide) groups is 2. The molecule has 24 heavy (non-hydrogen) atoms. The summed E-state index contributed by atoms with van der Waals surface area (Å²) in [5.41, 5.74) is -0.426. The molecular formula is C13H21N5O4S2. The minimum Gasteiger partial charge on any atom is -0.389 e. The van der Waals surface area contributed by atoms with Gasteiger partial charge in [-0.05, 0) is 18.6 Å². The Balaban J connectivity index is 1.66. The third-order valence-corrected chi connectivity index (χ3v) is 5.69. The number of carbonyl (C=O) groups excluding carboxylic acids is 2. The molecule has 2 unspecified atom stereocenters. The zero-order chi connectivity index (χ0) is 17.5. The van der Waals surface area contributed by atoms with E-state index in [-0.39, 0.29) is 35.9 Å². The van der Waals surface area contributed by atoms with Crippen LogP contribution in [0, 0.1) is 0 Å². The molecule has 0 bridgehead atoms. The standard InChI is InChI=1S/C13H21N5O4S2/c1-18(10(20)7-24-13-15-12(22)16-17-13)6-8(19)5-14-11(21)9-3-2-4-23-9/h8-9,19H,2-7H2,1H3,(H,14,21)(H2,15,16,17,22). The van der Waals surface area contributed by atoms with Crippen LogP contribution in [0.15, 0.2) is 9.95 Å². The summed E-state index contributed by atoms with van der Waals surface area (Å²) >= 11 is 2.73. The van der Waals surface area contributed by atoms with Crippen LogP contribution in [0.3, 0.4) is 0 Å². The summed E-state index contributed by atoms with van der Waals surface area (Å²) in [7, 11) is 1.58. The van der Waals surface area contributed by atoms with Gasteiger partial charge in [0.15, 0.2) is 5.16 Å². The first-order chi connectivity index (χ1) is 11.5. The lowest BCUT2D eigenvalue weighted by molar-refractivity contribution is -0.128. The first-order valence-electron chi connectivity index (χ1n) is 7.54. The summed E-state index contributed by atoms with van der Waals surface area (Å²) in [5.74, 6) is 0.829. The highest BCUT2D eigenvalue weighted by Gasteiger charge is 2.24. The molecule has 4 N–H and O–H groups in total. The number of amides is 2. The molecule has 1 aliphatic rings. The SMILES string of the molecule is CN(CC(O)CNC(=O)C1CCCS1)C(=O)CSc1n[nH]c(=O)[nH]1. The van der Waals surface area contributed by atoms with Crippen LogP contribution in [0.5, 0.6) is 0 Å². The third-order valence-electron chi connectivity index (χ3n) is 3.46. The molecule has 2 atom stereocenters. The molecule has 1 fully saturated rings. The Bertz CT molecular complexity index is 614. The van der Waals surface area contributed by atoms with Crippen molar-refractivity contribution < 1.29 is 14.7 Å². The van der Waals surface area contributed by atoms with Gasteiger partial charge in [-0.3, -0.25) is 14.6 Å². The molecule has 0 saturated carbocycles. The van der Waals surface area contributed by atoms with Crippen LogP contribution in [0.2, 0.25) is 0 Å². The van der Waals surface area contributed by atoms with Gasteiger partial charge in [0.1, 0.15) is 0 Å². The summed E-state index contributed by atoms with van der Waals surface area (Å²) in [6.07, 6.45) is 1.09. The predicted molar refractivity (Wildman–Crippen MR) is 92.1 cm³/mol. The fraction of sp³-hybridized carbons (Fsp3) is 0.692. The maximum Gasteiger partial charge on any atom is 0.341 e. The summed E-state index contributed by atoms with van der Waals surface area (Å²) in [6, 6.07) is 0. The average Bonchev–Trinajstić information content (AvgIpc) is 3.21. The monoisotopic (exact) mass is 375 g/mol. The fourth-order valence-corrected chi connectivity index (χ4v) is 4.10. The molecule has 1 aromatic rings. The van der Waals surface area contributed by atoms with E-state index in [0.717, 1.165) is 30.4 Å². The minimum absolute atomic E-state index is 0.0241. The van der Waals surface area contributed by atoms with Gasteiger partial charge in [-0.15, -0.1) is 16.9 Å².